The fourth-order valence-electron chi connectivity index (χ4n) is 4.78. The topological polar surface area (TPSA) is 115 Å². The van der Waals surface area contributed by atoms with Crippen molar-refractivity contribution in [1.29, 1.82) is 0 Å². The Morgan fingerprint density at radius 1 is 1.22 bits per heavy atom. The Morgan fingerprint density at radius 2 is 2.03 bits per heavy atom. The first kappa shape index (κ1) is 23.6. The molecule has 0 aliphatic carbocycles. The summed E-state index contributed by atoms with van der Waals surface area (Å²) in [5.41, 5.74) is 2.42. The van der Waals surface area contributed by atoms with Crippen molar-refractivity contribution in [2.75, 3.05) is 23.3 Å². The Hall–Kier alpha value is -4.15. The summed E-state index contributed by atoms with van der Waals surface area (Å²) in [4.78, 5) is 26.2. The van der Waals surface area contributed by atoms with Crippen molar-refractivity contribution in [3.05, 3.63) is 64.5 Å². The lowest BCUT2D eigenvalue weighted by Gasteiger charge is -2.46. The number of benzene rings is 1. The van der Waals surface area contributed by atoms with E-state index in [0.29, 0.717) is 18.2 Å². The van der Waals surface area contributed by atoms with Crippen LogP contribution < -0.4 is 10.2 Å². The highest BCUT2D eigenvalue weighted by molar-refractivity contribution is 5.98. The van der Waals surface area contributed by atoms with Gasteiger partial charge in [-0.2, -0.15) is 4.39 Å². The number of aryl methyl sites for hydroxylation is 1. The second-order valence-corrected chi connectivity index (χ2v) is 9.51. The van der Waals surface area contributed by atoms with Crippen LogP contribution >= 0.6 is 0 Å². The quantitative estimate of drug-likeness (QED) is 0.297. The van der Waals surface area contributed by atoms with Crippen molar-refractivity contribution in [3.8, 4) is 11.4 Å². The first-order valence-corrected chi connectivity index (χ1v) is 11.8. The molecular weight excluding hydrogens is 463 g/mol. The van der Waals surface area contributed by atoms with Crippen LogP contribution in [0.2, 0.25) is 0 Å². The third kappa shape index (κ3) is 4.32. The van der Waals surface area contributed by atoms with Crippen LogP contribution in [-0.2, 0) is 7.05 Å². The molecule has 0 radical (unpaired) electrons. The standard InChI is InChI=1S/C25H27FN8O2/c1-14(2)17-5-6-21(33-11-16(15(33)3)12-34(35)36)19-10-28-23(9-18(17)19)29-22-7-8-27-25(30-22)20-13-32(4)31-24(20)26/h5-10,13-16H,11-12H2,1-4H3,(H,27,28,29,30)/t15-,16-/m1/s1. The second-order valence-electron chi connectivity index (χ2n) is 9.51. The van der Waals surface area contributed by atoms with Crippen molar-refractivity contribution in [3.63, 3.8) is 0 Å². The van der Waals surface area contributed by atoms with Crippen LogP contribution in [-0.4, -0.2) is 48.8 Å². The van der Waals surface area contributed by atoms with Crippen molar-refractivity contribution >= 4 is 28.1 Å². The number of rotatable bonds is 7. The van der Waals surface area contributed by atoms with E-state index in [-0.39, 0.29) is 40.7 Å². The molecule has 0 saturated carbocycles. The van der Waals surface area contributed by atoms with Crippen molar-refractivity contribution < 1.29 is 9.31 Å². The monoisotopic (exact) mass is 490 g/mol. The molecule has 4 aromatic rings. The maximum absolute atomic E-state index is 14.1. The van der Waals surface area contributed by atoms with Crippen LogP contribution in [0.5, 0.6) is 0 Å². The largest absolute Gasteiger partial charge is 0.367 e. The Bertz CT molecular complexity index is 1450. The van der Waals surface area contributed by atoms with Crippen LogP contribution in [0.1, 0.15) is 32.3 Å². The minimum absolute atomic E-state index is 0.0180. The zero-order chi connectivity index (χ0) is 25.6. The van der Waals surface area contributed by atoms with Crippen molar-refractivity contribution in [2.24, 2.45) is 13.0 Å². The number of fused-ring (bicyclic) bond motifs is 1. The molecule has 3 aromatic heterocycles. The Balaban J connectivity index is 1.47. The smallest absolute Gasteiger partial charge is 0.243 e. The highest BCUT2D eigenvalue weighted by Crippen LogP contribution is 2.39. The molecule has 0 amide bonds. The summed E-state index contributed by atoms with van der Waals surface area (Å²) in [6.07, 6.45) is 4.92. The van der Waals surface area contributed by atoms with Gasteiger partial charge in [-0.15, -0.1) is 5.10 Å². The fourth-order valence-corrected chi connectivity index (χ4v) is 4.78. The van der Waals surface area contributed by atoms with E-state index in [2.05, 4.69) is 56.2 Å². The van der Waals surface area contributed by atoms with Gasteiger partial charge >= 0.3 is 0 Å². The molecule has 10 nitrogen and oxygen atoms in total. The molecule has 1 saturated heterocycles. The predicted octanol–water partition coefficient (Wildman–Crippen LogP) is 4.53. The van der Waals surface area contributed by atoms with Crippen LogP contribution in [0.4, 0.5) is 21.7 Å². The molecular formula is C25H27FN8O2. The molecule has 0 bridgehead atoms. The first-order chi connectivity index (χ1) is 17.2. The molecule has 36 heavy (non-hydrogen) atoms. The van der Waals surface area contributed by atoms with Gasteiger partial charge in [-0.1, -0.05) is 19.9 Å². The maximum Gasteiger partial charge on any atom is 0.243 e. The lowest BCUT2D eigenvalue weighted by atomic mass is 9.87. The van der Waals surface area contributed by atoms with Gasteiger partial charge in [0, 0.05) is 54.2 Å². The van der Waals surface area contributed by atoms with E-state index in [4.69, 9.17) is 0 Å². The average Bonchev–Trinajstić information content (AvgIpc) is 3.18. The predicted molar refractivity (Wildman–Crippen MR) is 135 cm³/mol. The summed E-state index contributed by atoms with van der Waals surface area (Å²) in [5, 5.41) is 20.0. The Morgan fingerprint density at radius 3 is 2.69 bits per heavy atom. The molecule has 0 unspecified atom stereocenters. The number of nitro groups is 1. The Kier molecular flexibility index (Phi) is 5.99. The van der Waals surface area contributed by atoms with Crippen LogP contribution in [0, 0.1) is 22.0 Å². The molecule has 1 aliphatic rings. The van der Waals surface area contributed by atoms with Crippen molar-refractivity contribution in [2.45, 2.75) is 32.7 Å². The molecule has 11 heteroatoms. The lowest BCUT2D eigenvalue weighted by molar-refractivity contribution is -0.490. The maximum atomic E-state index is 14.1. The summed E-state index contributed by atoms with van der Waals surface area (Å²) in [5.74, 6) is 0.996. The first-order valence-electron chi connectivity index (χ1n) is 11.8. The average molecular weight is 491 g/mol. The summed E-state index contributed by atoms with van der Waals surface area (Å²) in [6.45, 7) is 6.94. The van der Waals surface area contributed by atoms with Gasteiger partial charge in [0.2, 0.25) is 12.5 Å². The molecule has 1 aliphatic heterocycles. The minimum Gasteiger partial charge on any atom is -0.367 e. The number of pyridine rings is 1. The molecule has 1 N–H and O–H groups in total. The fraction of sp³-hybridized carbons (Fsp3) is 0.360. The van der Waals surface area contributed by atoms with E-state index in [1.807, 2.05) is 19.2 Å². The van der Waals surface area contributed by atoms with Crippen LogP contribution in [0.25, 0.3) is 22.2 Å². The molecule has 1 aromatic carbocycles. The van der Waals surface area contributed by atoms with Gasteiger partial charge in [0.15, 0.2) is 5.82 Å². The third-order valence-corrected chi connectivity index (χ3v) is 6.77. The molecule has 0 spiro atoms. The van der Waals surface area contributed by atoms with Crippen LogP contribution in [0.15, 0.2) is 42.9 Å². The van der Waals surface area contributed by atoms with E-state index in [1.165, 1.54) is 16.4 Å². The normalized spacial score (nSPS) is 17.4. The SMILES string of the molecule is CC(C)c1ccc(N2C[C@H](C[N+](=O)[O-])[C@H]2C)c2cnc(Nc3ccnc(-c4cn(C)nc4F)n3)cc12. The number of hydrogen-bond donors (Lipinski definition) is 1. The van der Waals surface area contributed by atoms with Gasteiger partial charge in [0.1, 0.15) is 11.6 Å². The Labute approximate surface area is 207 Å². The van der Waals surface area contributed by atoms with Crippen molar-refractivity contribution in [1.82, 2.24) is 24.7 Å². The number of nitrogens with one attached hydrogen (secondary N) is 1. The van der Waals surface area contributed by atoms with Gasteiger partial charge in [-0.3, -0.25) is 14.8 Å². The number of nitrogens with zero attached hydrogens (tertiary/aromatic N) is 7. The minimum atomic E-state index is -0.631. The highest BCUT2D eigenvalue weighted by atomic mass is 19.1. The van der Waals surface area contributed by atoms with E-state index in [1.54, 1.807) is 19.3 Å². The van der Waals surface area contributed by atoms with E-state index in [9.17, 15) is 14.5 Å². The second kappa shape index (κ2) is 9.14. The summed E-state index contributed by atoms with van der Waals surface area (Å²) in [7, 11) is 1.64. The van der Waals surface area contributed by atoms with Gasteiger partial charge < -0.3 is 10.2 Å². The third-order valence-electron chi connectivity index (χ3n) is 6.77. The lowest BCUT2D eigenvalue weighted by Crippen LogP contribution is -2.57. The zero-order valence-corrected chi connectivity index (χ0v) is 20.5. The number of hydrogen-bond acceptors (Lipinski definition) is 8. The number of halogens is 1. The molecule has 4 heterocycles. The van der Waals surface area contributed by atoms with Crippen LogP contribution in [0.3, 0.4) is 0 Å². The summed E-state index contributed by atoms with van der Waals surface area (Å²) < 4.78 is 15.5. The number of aromatic nitrogens is 5. The van der Waals surface area contributed by atoms with Gasteiger partial charge in [-0.05, 0) is 42.0 Å². The summed E-state index contributed by atoms with van der Waals surface area (Å²) >= 11 is 0. The summed E-state index contributed by atoms with van der Waals surface area (Å²) in [6, 6.07) is 7.96. The molecule has 186 valence electrons. The molecule has 2 atom stereocenters. The van der Waals surface area contributed by atoms with E-state index < -0.39 is 5.95 Å². The van der Waals surface area contributed by atoms with Gasteiger partial charge in [-0.25, -0.2) is 15.0 Å². The van der Waals surface area contributed by atoms with Gasteiger partial charge in [0.05, 0.1) is 11.5 Å². The van der Waals surface area contributed by atoms with E-state index in [0.717, 1.165) is 16.5 Å². The highest BCUT2D eigenvalue weighted by Gasteiger charge is 2.39. The zero-order valence-electron chi connectivity index (χ0n) is 20.5. The molecule has 5 rings (SSSR count). The van der Waals surface area contributed by atoms with E-state index >= 15 is 0 Å². The molecule has 1 fully saturated rings. The van der Waals surface area contributed by atoms with Gasteiger partial charge in [0.25, 0.3) is 0 Å². The number of anilines is 3.